The van der Waals surface area contributed by atoms with Crippen molar-refractivity contribution in [1.29, 1.82) is 0 Å². The third-order valence-electron chi connectivity index (χ3n) is 3.47. The molecule has 128 valence electrons. The molecule has 0 saturated carbocycles. The van der Waals surface area contributed by atoms with Gasteiger partial charge in [0.2, 0.25) is 0 Å². The number of para-hydroxylation sites is 2. The maximum Gasteiger partial charge on any atom is 0.315 e. The molecular weight excluding hydrogens is 312 g/mol. The first-order valence-electron chi connectivity index (χ1n) is 7.88. The van der Waals surface area contributed by atoms with Gasteiger partial charge in [0.05, 0.1) is 24.2 Å². The van der Waals surface area contributed by atoms with E-state index >= 15 is 0 Å². The van der Waals surface area contributed by atoms with Crippen molar-refractivity contribution < 1.29 is 19.1 Å². The number of aromatic nitrogens is 2. The highest BCUT2D eigenvalue weighted by molar-refractivity contribution is 5.80. The SMILES string of the molecule is CCOC(=O)CC[C@H](C(=O)OCC)c1nc2ccccc2[nH]c1=O. The molecule has 1 heterocycles. The standard InChI is InChI=1S/C17H20N2O5/c1-3-23-14(20)10-9-11(17(22)24-4-2)15-16(21)19-13-8-6-5-7-12(13)18-15/h5-8,11H,3-4,9-10H2,1-2H3,(H,19,21)/t11-/m0/s1. The molecule has 1 aromatic heterocycles. The highest BCUT2D eigenvalue weighted by Crippen LogP contribution is 2.20. The number of ether oxygens (including phenoxy) is 2. The number of nitrogens with one attached hydrogen (secondary N) is 1. The lowest BCUT2D eigenvalue weighted by atomic mass is 9.99. The minimum Gasteiger partial charge on any atom is -0.466 e. The van der Waals surface area contributed by atoms with Crippen LogP contribution in [0.3, 0.4) is 0 Å². The van der Waals surface area contributed by atoms with Crippen LogP contribution in [0.5, 0.6) is 0 Å². The maximum atomic E-state index is 12.3. The van der Waals surface area contributed by atoms with Gasteiger partial charge in [-0.25, -0.2) is 4.98 Å². The Kier molecular flexibility index (Phi) is 6.06. The molecule has 1 atom stereocenters. The summed E-state index contributed by atoms with van der Waals surface area (Å²) in [7, 11) is 0. The van der Waals surface area contributed by atoms with Crippen LogP contribution >= 0.6 is 0 Å². The van der Waals surface area contributed by atoms with Crippen molar-refractivity contribution in [3.63, 3.8) is 0 Å². The molecule has 0 spiro atoms. The van der Waals surface area contributed by atoms with Crippen LogP contribution in [0.25, 0.3) is 11.0 Å². The van der Waals surface area contributed by atoms with Gasteiger partial charge in [-0.3, -0.25) is 14.4 Å². The van der Waals surface area contributed by atoms with Gasteiger partial charge in [0.15, 0.2) is 0 Å². The summed E-state index contributed by atoms with van der Waals surface area (Å²) in [5.74, 6) is -1.91. The van der Waals surface area contributed by atoms with E-state index in [1.807, 2.05) is 0 Å². The number of H-pyrrole nitrogens is 1. The Hall–Kier alpha value is -2.70. The lowest BCUT2D eigenvalue weighted by Crippen LogP contribution is -2.26. The van der Waals surface area contributed by atoms with Gasteiger partial charge < -0.3 is 14.5 Å². The van der Waals surface area contributed by atoms with Gasteiger partial charge in [-0.15, -0.1) is 0 Å². The number of aromatic amines is 1. The number of nitrogens with zero attached hydrogens (tertiary/aromatic N) is 1. The zero-order valence-corrected chi connectivity index (χ0v) is 13.7. The Bertz CT molecular complexity index is 784. The predicted octanol–water partition coefficient (Wildman–Crippen LogP) is 1.91. The monoisotopic (exact) mass is 332 g/mol. The Morgan fingerprint density at radius 3 is 2.58 bits per heavy atom. The van der Waals surface area contributed by atoms with E-state index in [9.17, 15) is 14.4 Å². The molecule has 7 nitrogen and oxygen atoms in total. The fraction of sp³-hybridized carbons (Fsp3) is 0.412. The van der Waals surface area contributed by atoms with Gasteiger partial charge in [0, 0.05) is 6.42 Å². The van der Waals surface area contributed by atoms with Crippen molar-refractivity contribution in [2.24, 2.45) is 0 Å². The second-order valence-corrected chi connectivity index (χ2v) is 5.12. The molecule has 24 heavy (non-hydrogen) atoms. The van der Waals surface area contributed by atoms with Gasteiger partial charge in [0.1, 0.15) is 11.6 Å². The fourth-order valence-electron chi connectivity index (χ4n) is 2.38. The number of hydrogen-bond donors (Lipinski definition) is 1. The molecule has 1 aromatic carbocycles. The number of rotatable bonds is 7. The van der Waals surface area contributed by atoms with E-state index in [4.69, 9.17) is 9.47 Å². The third-order valence-corrected chi connectivity index (χ3v) is 3.47. The summed E-state index contributed by atoms with van der Waals surface area (Å²) in [5, 5.41) is 0. The van der Waals surface area contributed by atoms with Crippen LogP contribution in [0.15, 0.2) is 29.1 Å². The molecule has 0 aliphatic rings. The van der Waals surface area contributed by atoms with Crippen LogP contribution in [-0.4, -0.2) is 35.1 Å². The second kappa shape index (κ2) is 8.24. The average molecular weight is 332 g/mol. The number of carbonyl (C=O) groups excluding carboxylic acids is 2. The molecule has 0 aliphatic heterocycles. The van der Waals surface area contributed by atoms with Crippen molar-refractivity contribution in [2.75, 3.05) is 13.2 Å². The Balaban J connectivity index is 2.35. The van der Waals surface area contributed by atoms with Crippen molar-refractivity contribution >= 4 is 23.0 Å². The van der Waals surface area contributed by atoms with Gasteiger partial charge in [-0.1, -0.05) is 12.1 Å². The van der Waals surface area contributed by atoms with Crippen LogP contribution in [0, 0.1) is 0 Å². The number of fused-ring (bicyclic) bond motifs is 1. The molecule has 0 saturated heterocycles. The molecule has 2 aromatic rings. The van der Waals surface area contributed by atoms with E-state index < -0.39 is 23.4 Å². The molecule has 2 rings (SSSR count). The maximum absolute atomic E-state index is 12.3. The van der Waals surface area contributed by atoms with Crippen molar-refractivity contribution in [1.82, 2.24) is 9.97 Å². The zero-order valence-electron chi connectivity index (χ0n) is 13.7. The Morgan fingerprint density at radius 1 is 1.17 bits per heavy atom. The number of benzene rings is 1. The first-order valence-corrected chi connectivity index (χ1v) is 7.88. The van der Waals surface area contributed by atoms with Crippen molar-refractivity contribution in [2.45, 2.75) is 32.6 Å². The normalized spacial score (nSPS) is 11.9. The number of hydrogen-bond acceptors (Lipinski definition) is 6. The van der Waals surface area contributed by atoms with E-state index in [1.165, 1.54) is 0 Å². The van der Waals surface area contributed by atoms with Crippen LogP contribution in [-0.2, 0) is 19.1 Å². The van der Waals surface area contributed by atoms with Gasteiger partial charge >= 0.3 is 11.9 Å². The van der Waals surface area contributed by atoms with Crippen LogP contribution in [0.1, 0.15) is 38.3 Å². The predicted molar refractivity (Wildman–Crippen MR) is 87.6 cm³/mol. The molecule has 1 N–H and O–H groups in total. The second-order valence-electron chi connectivity index (χ2n) is 5.12. The largest absolute Gasteiger partial charge is 0.466 e. The zero-order chi connectivity index (χ0) is 17.5. The summed E-state index contributed by atoms with van der Waals surface area (Å²) < 4.78 is 9.90. The van der Waals surface area contributed by atoms with Gasteiger partial charge in [-0.05, 0) is 32.4 Å². The summed E-state index contributed by atoms with van der Waals surface area (Å²) in [6.45, 7) is 3.83. The van der Waals surface area contributed by atoms with E-state index in [1.54, 1.807) is 38.1 Å². The highest BCUT2D eigenvalue weighted by atomic mass is 16.5. The first-order chi connectivity index (χ1) is 11.6. The number of carbonyl (C=O) groups is 2. The smallest absolute Gasteiger partial charge is 0.315 e. The molecule has 0 unspecified atom stereocenters. The number of esters is 2. The van der Waals surface area contributed by atoms with E-state index in [-0.39, 0.29) is 31.7 Å². The summed E-state index contributed by atoms with van der Waals surface area (Å²) in [6.07, 6.45) is 0.108. The quantitative estimate of drug-likeness (QED) is 0.778. The van der Waals surface area contributed by atoms with Crippen LogP contribution in [0.4, 0.5) is 0 Å². The van der Waals surface area contributed by atoms with Crippen LogP contribution in [0.2, 0.25) is 0 Å². The highest BCUT2D eigenvalue weighted by Gasteiger charge is 2.27. The fourth-order valence-corrected chi connectivity index (χ4v) is 2.38. The first kappa shape index (κ1) is 17.7. The molecule has 7 heteroatoms. The molecule has 0 aliphatic carbocycles. The minimum absolute atomic E-state index is 0.00523. The summed E-state index contributed by atoms with van der Waals surface area (Å²) in [6, 6.07) is 7.03. The van der Waals surface area contributed by atoms with Gasteiger partial charge in [-0.2, -0.15) is 0 Å². The van der Waals surface area contributed by atoms with Crippen molar-refractivity contribution in [3.8, 4) is 0 Å². The molecule has 0 amide bonds. The lowest BCUT2D eigenvalue weighted by molar-refractivity contribution is -0.146. The Morgan fingerprint density at radius 2 is 1.88 bits per heavy atom. The summed E-state index contributed by atoms with van der Waals surface area (Å²) >= 11 is 0. The lowest BCUT2D eigenvalue weighted by Gasteiger charge is -2.14. The molecular formula is C17H20N2O5. The van der Waals surface area contributed by atoms with Crippen molar-refractivity contribution in [3.05, 3.63) is 40.3 Å². The van der Waals surface area contributed by atoms with E-state index in [0.717, 1.165) is 0 Å². The van der Waals surface area contributed by atoms with Gasteiger partial charge in [0.25, 0.3) is 5.56 Å². The topological polar surface area (TPSA) is 98.3 Å². The molecule has 0 bridgehead atoms. The average Bonchev–Trinajstić information content (AvgIpc) is 2.56. The minimum atomic E-state index is -0.914. The summed E-state index contributed by atoms with van der Waals surface area (Å²) in [4.78, 5) is 43.1. The van der Waals surface area contributed by atoms with Crippen LogP contribution < -0.4 is 5.56 Å². The molecule has 0 radical (unpaired) electrons. The molecule has 0 fully saturated rings. The Labute approximate surface area is 139 Å². The third kappa shape index (κ3) is 4.18. The summed E-state index contributed by atoms with van der Waals surface area (Å²) in [5.41, 5.74) is 0.740. The van der Waals surface area contributed by atoms with E-state index in [0.29, 0.717) is 11.0 Å². The van der Waals surface area contributed by atoms with E-state index in [2.05, 4.69) is 9.97 Å².